The summed E-state index contributed by atoms with van der Waals surface area (Å²) in [6.45, 7) is 29.0. The van der Waals surface area contributed by atoms with Crippen LogP contribution in [0.5, 0.6) is 0 Å². The highest BCUT2D eigenvalue weighted by Gasteiger charge is 2.77. The molecule has 19 heteroatoms. The minimum Gasteiger partial charge on any atom is -0.455 e. The fourth-order valence-electron chi connectivity index (χ4n) is 20.3. The Morgan fingerprint density at radius 2 is 1.48 bits per heavy atom. The van der Waals surface area contributed by atoms with Crippen LogP contribution in [0.4, 0.5) is 9.59 Å². The zero-order valence-electron chi connectivity index (χ0n) is 60.8. The third-order valence-electron chi connectivity index (χ3n) is 25.4. The van der Waals surface area contributed by atoms with E-state index in [0.717, 1.165) is 42.9 Å². The minimum atomic E-state index is -2.22. The molecule has 10 rings (SSSR count). The third-order valence-corrected chi connectivity index (χ3v) is 25.4. The number of allylic oxidation sites excluding steroid dienone is 1. The predicted octanol–water partition coefficient (Wildman–Crippen LogP) is 13.4. The van der Waals surface area contributed by atoms with Crippen molar-refractivity contribution in [2.45, 2.75) is 254 Å². The molecule has 2 aromatic rings. The van der Waals surface area contributed by atoms with E-state index in [9.17, 15) is 33.9 Å². The van der Waals surface area contributed by atoms with Gasteiger partial charge in [0.15, 0.2) is 5.60 Å². The van der Waals surface area contributed by atoms with Gasteiger partial charge in [-0.25, -0.2) is 19.2 Å². The van der Waals surface area contributed by atoms with Gasteiger partial charge < -0.3 is 54.2 Å². The zero-order valence-corrected chi connectivity index (χ0v) is 60.8. The second-order valence-corrected chi connectivity index (χ2v) is 33.1. The highest BCUT2D eigenvalue weighted by atomic mass is 16.6. The smallest absolute Gasteiger partial charge is 0.408 e. The molecule has 1 saturated heterocycles. The van der Waals surface area contributed by atoms with Gasteiger partial charge in [-0.1, -0.05) is 149 Å². The Kier molecular flexibility index (Phi) is 21.8. The molecule has 4 N–H and O–H groups in total. The lowest BCUT2D eigenvalue weighted by Crippen LogP contribution is -2.80. The first-order chi connectivity index (χ1) is 46.1. The number of esters is 4. The van der Waals surface area contributed by atoms with Crippen molar-refractivity contribution >= 4 is 47.8 Å². The van der Waals surface area contributed by atoms with E-state index in [1.807, 2.05) is 6.92 Å². The Hall–Kier alpha value is -6.60. The number of rotatable bonds is 21. The maximum atomic E-state index is 15.8. The van der Waals surface area contributed by atoms with E-state index in [0.29, 0.717) is 46.8 Å². The van der Waals surface area contributed by atoms with Gasteiger partial charge in [0.2, 0.25) is 12.0 Å². The number of ether oxygens (including phenoxy) is 7. The molecule has 2 bridgehead atoms. The van der Waals surface area contributed by atoms with Crippen molar-refractivity contribution in [2.24, 2.45) is 74.9 Å². The minimum absolute atomic E-state index is 0.0243. The summed E-state index contributed by atoms with van der Waals surface area (Å²) in [4.78, 5) is 114. The van der Waals surface area contributed by atoms with Gasteiger partial charge >= 0.3 is 36.1 Å². The summed E-state index contributed by atoms with van der Waals surface area (Å²) in [5.74, 6) is -2.73. The molecule has 5 saturated carbocycles. The monoisotopic (exact) mass is 1360 g/mol. The molecule has 2 aromatic carbocycles. The molecule has 19 nitrogen and oxygen atoms in total. The van der Waals surface area contributed by atoms with Crippen LogP contribution in [0.25, 0.3) is 0 Å². The average molecular weight is 1360 g/mol. The van der Waals surface area contributed by atoms with Crippen LogP contribution in [0.2, 0.25) is 0 Å². The zero-order chi connectivity index (χ0) is 71.2. The van der Waals surface area contributed by atoms with E-state index in [1.165, 1.54) is 57.4 Å². The van der Waals surface area contributed by atoms with Crippen molar-refractivity contribution in [3.63, 3.8) is 0 Å². The van der Waals surface area contributed by atoms with E-state index < -0.39 is 131 Å². The fraction of sp³-hybridized carbons (Fsp3) is 0.696. The largest absolute Gasteiger partial charge is 0.455 e. The van der Waals surface area contributed by atoms with Crippen molar-refractivity contribution in [3.8, 4) is 0 Å². The summed E-state index contributed by atoms with van der Waals surface area (Å²) in [5.41, 5.74) is -4.41. The lowest BCUT2D eigenvalue weighted by atomic mass is 9.42. The molecule has 19 atom stereocenters. The molecule has 0 aromatic heterocycles. The first-order valence-electron chi connectivity index (χ1n) is 36.5. The standard InChI is InChI=1S/C79H111N3O16/c1-45(2)23-22-24-46(3)56-31-32-57-55-30-29-53-42-54(35-37-75(53,13)58(55)36-38-76(56,57)14)93-71(89)81-40-39-80-61(84)33-34-62(85)95-65(64(51-25-18-16-19-26-51)82-72(90)98-73(8,9)10)70(88)94-59-43-79(91)68(96-69(87)52-27-20-17-21-28-52)66-77(15,67(86)49(6)63(48(59)5)74(79,11)12)47(4)41-60-78(66,44-92-60)97-50(7)83/h16-21,25-29,45-47,49,54-60,64-66,68,91H,22-24,30-44H2,1-15H3,(H,80,84)(H,81,89)(H,82,90)/t46-,47+,49-,54+,55?,56-,57?,58?,59+,60-,64+,65-,66+,68+,75+,76-,77-,78+,79-/m1/s1. The molecule has 0 spiro atoms. The predicted molar refractivity (Wildman–Crippen MR) is 367 cm³/mol. The SMILES string of the molecule is CC(=O)O[C@@]12CO[C@@H]1C[C@H](C)[C@@]1(C)C(=O)[C@H](C)C3=C(C)[C@@H](OC(=O)[C@H](OC(=O)CCC(=O)NCCNC(=O)O[C@H]4CC[C@@]5(C)C(=CCC6C5CC[C@@]5(C)C6CC[C@@H]5[C@H](C)CCCC(C)C)C4)[C@@H](NC(=O)OC(C)(C)C)c4ccccc4)C[C@@](O)([C@@H](OC(=O)c4ccccc4)[C@H]21)C3(C)C. The molecule has 3 unspecified atom stereocenters. The van der Waals surface area contributed by atoms with Crippen molar-refractivity contribution in [2.75, 3.05) is 19.7 Å². The molecule has 98 heavy (non-hydrogen) atoms. The van der Waals surface area contributed by atoms with Crippen molar-refractivity contribution < 1.29 is 76.6 Å². The van der Waals surface area contributed by atoms with Gasteiger partial charge in [0, 0.05) is 56.0 Å². The summed E-state index contributed by atoms with van der Waals surface area (Å²) < 4.78 is 43.4. The van der Waals surface area contributed by atoms with Gasteiger partial charge in [0.05, 0.1) is 24.5 Å². The normalized spacial score (nSPS) is 34.6. The van der Waals surface area contributed by atoms with Crippen molar-refractivity contribution in [1.82, 2.24) is 16.0 Å². The third kappa shape index (κ3) is 14.3. The van der Waals surface area contributed by atoms with Gasteiger partial charge in [0.25, 0.3) is 0 Å². The second-order valence-electron chi connectivity index (χ2n) is 33.1. The Bertz CT molecular complexity index is 3380. The second kappa shape index (κ2) is 28.8. The first-order valence-corrected chi connectivity index (χ1v) is 36.5. The number of ketones is 1. The van der Waals surface area contributed by atoms with E-state index in [4.69, 9.17) is 33.2 Å². The van der Waals surface area contributed by atoms with E-state index >= 15 is 9.59 Å². The van der Waals surface area contributed by atoms with Crippen molar-refractivity contribution in [3.05, 3.63) is 94.6 Å². The molecular formula is C79H111N3O16. The molecular weight excluding hydrogens is 1250 g/mol. The first kappa shape index (κ1) is 74.1. The van der Waals surface area contributed by atoms with Crippen LogP contribution in [-0.4, -0.2) is 120 Å². The Balaban J connectivity index is 0.821. The van der Waals surface area contributed by atoms with Gasteiger partial charge in [-0.3, -0.25) is 19.2 Å². The van der Waals surface area contributed by atoms with Crippen LogP contribution in [0.1, 0.15) is 222 Å². The number of nitrogens with one attached hydrogen (secondary N) is 3. The van der Waals surface area contributed by atoms with E-state index in [2.05, 4.69) is 56.6 Å². The van der Waals surface area contributed by atoms with E-state index in [1.54, 1.807) is 116 Å². The lowest BCUT2D eigenvalue weighted by Gasteiger charge is -2.68. The topological polar surface area (TPSA) is 257 Å². The Morgan fingerprint density at radius 1 is 0.796 bits per heavy atom. The van der Waals surface area contributed by atoms with Gasteiger partial charge in [-0.15, -0.1) is 0 Å². The summed E-state index contributed by atoms with van der Waals surface area (Å²) in [6, 6.07) is 15.0. The number of hydrogen-bond donors (Lipinski definition) is 4. The van der Waals surface area contributed by atoms with Crippen LogP contribution in [-0.2, 0) is 57.1 Å². The maximum Gasteiger partial charge on any atom is 0.408 e. The number of fused-ring (bicyclic) bond motifs is 10. The Morgan fingerprint density at radius 3 is 2.13 bits per heavy atom. The van der Waals surface area contributed by atoms with Crippen LogP contribution in [0.3, 0.4) is 0 Å². The number of carbonyl (C=O) groups excluding carboxylic acids is 8. The van der Waals surface area contributed by atoms with E-state index in [-0.39, 0.29) is 49.0 Å². The number of carbonyl (C=O) groups is 8. The van der Waals surface area contributed by atoms with Gasteiger partial charge in [0.1, 0.15) is 47.4 Å². The summed E-state index contributed by atoms with van der Waals surface area (Å²) in [6.07, 6.45) is 6.68. The fourth-order valence-corrected chi connectivity index (χ4v) is 20.3. The average Bonchev–Trinajstić information content (AvgIpc) is 0.786. The number of Topliss-reactive ketones (excluding diaryl/α,β-unsaturated/α-hetero) is 1. The lowest BCUT2D eigenvalue weighted by molar-refractivity contribution is -0.339. The van der Waals surface area contributed by atoms with Crippen molar-refractivity contribution in [1.29, 1.82) is 0 Å². The molecule has 1 aliphatic heterocycles. The van der Waals surface area contributed by atoms with Crippen LogP contribution in [0, 0.1) is 74.9 Å². The number of alkyl carbamates (subject to hydrolysis) is 2. The number of hydrogen-bond acceptors (Lipinski definition) is 16. The highest BCUT2D eigenvalue weighted by Crippen LogP contribution is 2.69. The van der Waals surface area contributed by atoms with Crippen LogP contribution >= 0.6 is 0 Å². The number of amides is 3. The molecule has 7 aliphatic carbocycles. The summed E-state index contributed by atoms with van der Waals surface area (Å²) >= 11 is 0. The number of benzene rings is 2. The molecule has 8 aliphatic rings. The summed E-state index contributed by atoms with van der Waals surface area (Å²) in [5, 5.41) is 22.4. The quantitative estimate of drug-likeness (QED) is 0.0392. The molecule has 1 heterocycles. The van der Waals surface area contributed by atoms with Crippen LogP contribution in [0.15, 0.2) is 83.5 Å². The molecule has 538 valence electrons. The van der Waals surface area contributed by atoms with Gasteiger partial charge in [-0.05, 0) is 160 Å². The maximum absolute atomic E-state index is 15.8. The van der Waals surface area contributed by atoms with Gasteiger partial charge in [-0.2, -0.15) is 0 Å². The number of aliphatic hydroxyl groups is 1. The molecule has 0 radical (unpaired) electrons. The molecule has 6 fully saturated rings. The highest BCUT2D eigenvalue weighted by molar-refractivity contribution is 5.92. The van der Waals surface area contributed by atoms with Crippen LogP contribution < -0.4 is 16.0 Å². The summed E-state index contributed by atoms with van der Waals surface area (Å²) in [7, 11) is 0. The Labute approximate surface area is 580 Å². The molecule has 3 amide bonds.